The first-order chi connectivity index (χ1) is 8.79. The van der Waals surface area contributed by atoms with Crippen LogP contribution in [0.3, 0.4) is 0 Å². The Morgan fingerprint density at radius 1 is 0.950 bits per heavy atom. The topological polar surface area (TPSA) is 33.6 Å². The van der Waals surface area contributed by atoms with Gasteiger partial charge in [-0.05, 0) is 32.9 Å². The maximum atomic E-state index is 12.6. The average molecular weight is 302 g/mol. The van der Waals surface area contributed by atoms with Gasteiger partial charge in [0.25, 0.3) is 6.02 Å². The maximum absolute atomic E-state index is 12.6. The Kier molecular flexibility index (Phi) is 4.12. The van der Waals surface area contributed by atoms with Gasteiger partial charge in [-0.2, -0.15) is 31.3 Å². The molecule has 0 aromatic rings. The van der Waals surface area contributed by atoms with Gasteiger partial charge in [-0.15, -0.1) is 0 Å². The molecule has 1 heterocycles. The highest BCUT2D eigenvalue weighted by molar-refractivity contribution is 5.78. The van der Waals surface area contributed by atoms with Gasteiger partial charge in [0.05, 0.1) is 0 Å². The van der Waals surface area contributed by atoms with Crippen molar-refractivity contribution in [1.82, 2.24) is 5.32 Å². The fourth-order valence-electron chi connectivity index (χ4n) is 1.16. The van der Waals surface area contributed by atoms with E-state index < -0.39 is 35.4 Å². The second kappa shape index (κ2) is 5.02. The molecule has 0 aliphatic carbocycles. The summed E-state index contributed by atoms with van der Waals surface area (Å²) in [5, 5.41) is 1.73. The van der Waals surface area contributed by atoms with Crippen LogP contribution in [-0.2, 0) is 4.74 Å². The summed E-state index contributed by atoms with van der Waals surface area (Å²) in [5.74, 6) is 0. The monoisotopic (exact) mass is 302 g/mol. The number of allylic oxidation sites excluding steroid dienone is 4. The predicted molar refractivity (Wildman–Crippen MR) is 59.7 cm³/mol. The number of hydrogen-bond donors (Lipinski definition) is 1. The Morgan fingerprint density at radius 3 is 1.90 bits per heavy atom. The number of ether oxygens (including phenoxy) is 1. The summed E-state index contributed by atoms with van der Waals surface area (Å²) in [6, 6.07) is -0.859. The van der Waals surface area contributed by atoms with Crippen LogP contribution >= 0.6 is 0 Å². The number of amidine groups is 1. The molecule has 0 bridgehead atoms. The molecule has 0 fully saturated rings. The van der Waals surface area contributed by atoms with Crippen LogP contribution in [0.4, 0.5) is 26.3 Å². The minimum absolute atomic E-state index is 0.245. The minimum atomic E-state index is -4.88. The Morgan fingerprint density at radius 2 is 1.50 bits per heavy atom. The SMILES string of the molecule is CC(C)(C)OC1=NC(C(F)(F)F)=CC=C(C(F)(F)F)N1. The van der Waals surface area contributed by atoms with Crippen molar-refractivity contribution in [3.05, 3.63) is 23.5 Å². The van der Waals surface area contributed by atoms with Gasteiger partial charge < -0.3 is 10.1 Å². The third kappa shape index (κ3) is 4.78. The van der Waals surface area contributed by atoms with Crippen molar-refractivity contribution < 1.29 is 31.1 Å². The van der Waals surface area contributed by atoms with Crippen molar-refractivity contribution in [2.75, 3.05) is 0 Å². The van der Waals surface area contributed by atoms with Gasteiger partial charge in [-0.1, -0.05) is 0 Å². The zero-order valence-electron chi connectivity index (χ0n) is 10.8. The summed E-state index contributed by atoms with van der Waals surface area (Å²) in [4.78, 5) is 3.06. The molecule has 3 nitrogen and oxygen atoms in total. The lowest BCUT2D eigenvalue weighted by molar-refractivity contribution is -0.0958. The Labute approximate surface area is 111 Å². The van der Waals surface area contributed by atoms with Crippen LogP contribution in [0.25, 0.3) is 0 Å². The van der Waals surface area contributed by atoms with E-state index in [4.69, 9.17) is 4.74 Å². The number of alkyl halides is 6. The number of hydrogen-bond acceptors (Lipinski definition) is 3. The van der Waals surface area contributed by atoms with E-state index in [2.05, 4.69) is 4.99 Å². The lowest BCUT2D eigenvalue weighted by Gasteiger charge is -2.23. The second-order valence-corrected chi connectivity index (χ2v) is 4.88. The van der Waals surface area contributed by atoms with Crippen LogP contribution in [-0.4, -0.2) is 24.0 Å². The Bertz CT molecular complexity index is 465. The predicted octanol–water partition coefficient (Wildman–Crippen LogP) is 3.65. The summed E-state index contributed by atoms with van der Waals surface area (Å²) < 4.78 is 80.5. The number of aliphatic imine (C=N–C) groups is 1. The fourth-order valence-corrected chi connectivity index (χ4v) is 1.16. The molecule has 0 unspecified atom stereocenters. The van der Waals surface area contributed by atoms with E-state index in [1.54, 1.807) is 5.32 Å². The number of rotatable bonds is 0. The third-order valence-corrected chi connectivity index (χ3v) is 1.87. The van der Waals surface area contributed by atoms with Crippen molar-refractivity contribution in [3.63, 3.8) is 0 Å². The summed E-state index contributed by atoms with van der Waals surface area (Å²) in [6.45, 7) is 4.40. The zero-order chi connectivity index (χ0) is 15.8. The van der Waals surface area contributed by atoms with E-state index in [-0.39, 0.29) is 12.2 Å². The highest BCUT2D eigenvalue weighted by Gasteiger charge is 2.39. The molecular formula is C11H12F6N2O. The van der Waals surface area contributed by atoms with Crippen molar-refractivity contribution >= 4 is 6.02 Å². The first kappa shape index (κ1) is 16.4. The van der Waals surface area contributed by atoms with E-state index in [9.17, 15) is 26.3 Å². The molecule has 0 aromatic carbocycles. The van der Waals surface area contributed by atoms with Gasteiger partial charge in [0.1, 0.15) is 17.0 Å². The molecule has 114 valence electrons. The summed E-state index contributed by atoms with van der Waals surface area (Å²) in [6.07, 6.45) is -9.22. The van der Waals surface area contributed by atoms with Gasteiger partial charge in [-0.25, -0.2) is 0 Å². The number of halogens is 6. The molecule has 1 N–H and O–H groups in total. The van der Waals surface area contributed by atoms with Gasteiger partial charge in [0, 0.05) is 0 Å². The molecule has 0 saturated carbocycles. The lowest BCUT2D eigenvalue weighted by atomic mass is 10.2. The van der Waals surface area contributed by atoms with Crippen molar-refractivity contribution in [3.8, 4) is 0 Å². The quantitative estimate of drug-likeness (QED) is 0.693. The van der Waals surface area contributed by atoms with E-state index in [1.807, 2.05) is 0 Å². The molecule has 0 aromatic heterocycles. The molecule has 20 heavy (non-hydrogen) atoms. The Hall–Kier alpha value is -1.67. The molecule has 9 heteroatoms. The lowest BCUT2D eigenvalue weighted by Crippen LogP contribution is -2.37. The zero-order valence-corrected chi connectivity index (χ0v) is 10.8. The van der Waals surface area contributed by atoms with Gasteiger partial charge in [-0.3, -0.25) is 0 Å². The van der Waals surface area contributed by atoms with Crippen LogP contribution in [0.1, 0.15) is 20.8 Å². The normalized spacial score (nSPS) is 17.6. The largest absolute Gasteiger partial charge is 0.459 e. The second-order valence-electron chi connectivity index (χ2n) is 4.88. The molecule has 1 aliphatic rings. The molecule has 1 aliphatic heterocycles. The van der Waals surface area contributed by atoms with Crippen molar-refractivity contribution in [2.24, 2.45) is 4.99 Å². The fraction of sp³-hybridized carbons (Fsp3) is 0.545. The molecule has 0 atom stereocenters. The first-order valence-electron chi connectivity index (χ1n) is 5.40. The van der Waals surface area contributed by atoms with Crippen LogP contribution < -0.4 is 5.32 Å². The number of nitrogens with one attached hydrogen (secondary N) is 1. The molecular weight excluding hydrogens is 290 g/mol. The smallest absolute Gasteiger partial charge is 0.433 e. The summed E-state index contributed by atoms with van der Waals surface area (Å²) in [7, 11) is 0. The van der Waals surface area contributed by atoms with Crippen LogP contribution in [0, 0.1) is 0 Å². The van der Waals surface area contributed by atoms with Crippen LogP contribution in [0.2, 0.25) is 0 Å². The van der Waals surface area contributed by atoms with E-state index >= 15 is 0 Å². The average Bonchev–Trinajstić information content (AvgIpc) is 2.35. The van der Waals surface area contributed by atoms with Crippen molar-refractivity contribution in [2.45, 2.75) is 38.7 Å². The Balaban J connectivity index is 3.22. The maximum Gasteiger partial charge on any atom is 0.433 e. The molecule has 0 spiro atoms. The first-order valence-corrected chi connectivity index (χ1v) is 5.40. The molecule has 0 radical (unpaired) electrons. The summed E-state index contributed by atoms with van der Waals surface area (Å²) in [5.41, 5.74) is -3.88. The van der Waals surface area contributed by atoms with Gasteiger partial charge >= 0.3 is 12.4 Å². The molecule has 0 amide bonds. The van der Waals surface area contributed by atoms with Crippen LogP contribution in [0.15, 0.2) is 28.5 Å². The van der Waals surface area contributed by atoms with E-state index in [0.29, 0.717) is 0 Å². The third-order valence-electron chi connectivity index (χ3n) is 1.87. The van der Waals surface area contributed by atoms with Gasteiger partial charge in [0.15, 0.2) is 0 Å². The van der Waals surface area contributed by atoms with Crippen molar-refractivity contribution in [1.29, 1.82) is 0 Å². The highest BCUT2D eigenvalue weighted by atomic mass is 19.4. The molecule has 0 saturated heterocycles. The molecule has 1 rings (SSSR count). The summed E-state index contributed by atoms with van der Waals surface area (Å²) >= 11 is 0. The highest BCUT2D eigenvalue weighted by Crippen LogP contribution is 2.31. The standard InChI is InChI=1S/C11H12F6N2O/c1-9(2,3)20-8-18-6(10(12,13)14)4-5-7(19-8)11(15,16)17/h4-5H,1-3H3,(H,18,19). The minimum Gasteiger partial charge on any atom is -0.459 e. The van der Waals surface area contributed by atoms with Gasteiger partial charge in [0.2, 0.25) is 0 Å². The number of nitrogens with zero attached hydrogens (tertiary/aromatic N) is 1. The van der Waals surface area contributed by atoms with Crippen LogP contribution in [0.5, 0.6) is 0 Å². The van der Waals surface area contributed by atoms with E-state index in [0.717, 1.165) is 0 Å². The van der Waals surface area contributed by atoms with E-state index in [1.165, 1.54) is 20.8 Å².